The fourth-order valence-corrected chi connectivity index (χ4v) is 2.96. The number of pyridine rings is 1. The molecule has 2 heterocycles. The maximum Gasteiger partial charge on any atom is 0.278 e. The summed E-state index contributed by atoms with van der Waals surface area (Å²) >= 11 is 0. The third-order valence-electron chi connectivity index (χ3n) is 4.55. The third-order valence-corrected chi connectivity index (χ3v) is 4.55. The van der Waals surface area contributed by atoms with Gasteiger partial charge in [0.2, 0.25) is 0 Å². The lowest BCUT2D eigenvalue weighted by Gasteiger charge is -2.13. The summed E-state index contributed by atoms with van der Waals surface area (Å²) < 4.78 is 11.3. The summed E-state index contributed by atoms with van der Waals surface area (Å²) in [4.78, 5) is 18.3. The molecule has 0 aliphatic heterocycles. The van der Waals surface area contributed by atoms with Crippen molar-refractivity contribution in [3.05, 3.63) is 90.0 Å². The number of nitrogens with zero attached hydrogens (tertiary/aromatic N) is 4. The Hall–Kier alpha value is -4.20. The van der Waals surface area contributed by atoms with Crippen LogP contribution >= 0.6 is 0 Å². The number of ether oxygens (including phenoxy) is 2. The number of amides is 1. The van der Waals surface area contributed by atoms with E-state index in [2.05, 4.69) is 20.5 Å². The van der Waals surface area contributed by atoms with E-state index in [1.165, 1.54) is 4.80 Å². The molecule has 0 bridgehead atoms. The van der Waals surface area contributed by atoms with Crippen LogP contribution in [0.15, 0.2) is 73.1 Å². The van der Waals surface area contributed by atoms with E-state index in [0.717, 1.165) is 11.3 Å². The third kappa shape index (κ3) is 4.69. The molecule has 0 spiro atoms. The van der Waals surface area contributed by atoms with Crippen LogP contribution in [0.4, 0.5) is 5.69 Å². The molecule has 0 radical (unpaired) electrons. The van der Waals surface area contributed by atoms with Gasteiger partial charge in [0.05, 0.1) is 18.5 Å². The van der Waals surface area contributed by atoms with Crippen molar-refractivity contribution in [3.8, 4) is 17.2 Å². The summed E-state index contributed by atoms with van der Waals surface area (Å²) in [7, 11) is 1.57. The highest BCUT2D eigenvalue weighted by molar-refractivity contribution is 6.03. The minimum Gasteiger partial charge on any atom is -0.493 e. The number of aryl methyl sites for hydroxylation is 1. The Bertz CT molecular complexity index is 1180. The molecular formula is C23H21N5O3. The van der Waals surface area contributed by atoms with Gasteiger partial charge in [-0.3, -0.25) is 9.78 Å². The van der Waals surface area contributed by atoms with Crippen molar-refractivity contribution in [1.82, 2.24) is 20.0 Å². The average molecular weight is 415 g/mol. The molecule has 1 N–H and O–H groups in total. The smallest absolute Gasteiger partial charge is 0.278 e. The van der Waals surface area contributed by atoms with Crippen LogP contribution in [0.3, 0.4) is 0 Å². The zero-order valence-electron chi connectivity index (χ0n) is 17.1. The molecule has 2 aromatic carbocycles. The number of aromatic nitrogens is 4. The lowest BCUT2D eigenvalue weighted by atomic mass is 10.2. The summed E-state index contributed by atoms with van der Waals surface area (Å²) in [6, 6.07) is 18.4. The van der Waals surface area contributed by atoms with Crippen LogP contribution in [0.2, 0.25) is 0 Å². The number of para-hydroxylation sites is 1. The molecule has 0 saturated carbocycles. The van der Waals surface area contributed by atoms with Gasteiger partial charge < -0.3 is 14.8 Å². The van der Waals surface area contributed by atoms with Crippen molar-refractivity contribution in [3.63, 3.8) is 0 Å². The van der Waals surface area contributed by atoms with Gasteiger partial charge in [0.15, 0.2) is 17.2 Å². The molecule has 31 heavy (non-hydrogen) atoms. The fraction of sp³-hybridized carbons (Fsp3) is 0.130. The van der Waals surface area contributed by atoms with Gasteiger partial charge in [-0.05, 0) is 48.9 Å². The fourth-order valence-electron chi connectivity index (χ4n) is 2.96. The maximum absolute atomic E-state index is 12.8. The Labute approximate surface area is 179 Å². The number of nitrogens with one attached hydrogen (secondary N) is 1. The first kappa shape index (κ1) is 20.1. The number of hydrogen-bond donors (Lipinski definition) is 1. The van der Waals surface area contributed by atoms with Crippen LogP contribution < -0.4 is 14.8 Å². The number of rotatable bonds is 7. The second kappa shape index (κ2) is 9.08. The lowest BCUT2D eigenvalue weighted by Crippen LogP contribution is -2.14. The second-order valence-corrected chi connectivity index (χ2v) is 6.72. The van der Waals surface area contributed by atoms with Gasteiger partial charge in [0.25, 0.3) is 5.91 Å². The summed E-state index contributed by atoms with van der Waals surface area (Å²) in [6.07, 6.45) is 3.41. The normalized spacial score (nSPS) is 10.5. The monoisotopic (exact) mass is 415 g/mol. The molecule has 0 aliphatic carbocycles. The summed E-state index contributed by atoms with van der Waals surface area (Å²) in [5, 5.41) is 11.5. The van der Waals surface area contributed by atoms with Gasteiger partial charge in [-0.2, -0.15) is 9.90 Å². The number of methoxy groups -OCH3 is 1. The first-order chi connectivity index (χ1) is 15.1. The minimum absolute atomic E-state index is 0.249. The first-order valence-corrected chi connectivity index (χ1v) is 9.64. The maximum atomic E-state index is 12.8. The highest BCUT2D eigenvalue weighted by Crippen LogP contribution is 2.31. The van der Waals surface area contributed by atoms with E-state index in [1.54, 1.807) is 44.6 Å². The van der Waals surface area contributed by atoms with Gasteiger partial charge in [0.1, 0.15) is 6.61 Å². The van der Waals surface area contributed by atoms with E-state index in [0.29, 0.717) is 29.5 Å². The molecule has 0 fully saturated rings. The van der Waals surface area contributed by atoms with E-state index < -0.39 is 0 Å². The van der Waals surface area contributed by atoms with Gasteiger partial charge in [-0.25, -0.2) is 0 Å². The first-order valence-electron chi connectivity index (χ1n) is 9.64. The summed E-state index contributed by atoms with van der Waals surface area (Å²) in [5.74, 6) is 0.727. The molecule has 8 heteroatoms. The number of carbonyl (C=O) groups excluding carboxylic acids is 1. The Kier molecular flexibility index (Phi) is 5.89. The van der Waals surface area contributed by atoms with Crippen LogP contribution in [-0.2, 0) is 6.61 Å². The second-order valence-electron chi connectivity index (χ2n) is 6.72. The minimum atomic E-state index is -0.357. The number of hydrogen-bond acceptors (Lipinski definition) is 6. The zero-order chi connectivity index (χ0) is 21.6. The standard InChI is InChI=1S/C23H21N5O3/c1-16-22(27-28(26-16)19-6-4-3-5-7-19)23(29)25-18-8-9-20(30-2)21(14-18)31-15-17-10-12-24-13-11-17/h3-14H,15H2,1-2H3,(H,25,29). The molecule has 4 aromatic rings. The van der Waals surface area contributed by atoms with Gasteiger partial charge in [-0.15, -0.1) is 5.10 Å². The molecule has 1 amide bonds. The molecular weight excluding hydrogens is 394 g/mol. The Balaban J connectivity index is 1.51. The van der Waals surface area contributed by atoms with E-state index in [9.17, 15) is 4.79 Å². The molecule has 0 atom stereocenters. The van der Waals surface area contributed by atoms with E-state index in [-0.39, 0.29) is 11.6 Å². The number of anilines is 1. The molecule has 0 saturated heterocycles. The van der Waals surface area contributed by atoms with Crippen molar-refractivity contribution in [2.75, 3.05) is 12.4 Å². The zero-order valence-corrected chi connectivity index (χ0v) is 17.1. The van der Waals surface area contributed by atoms with Crippen LogP contribution in [0.25, 0.3) is 5.69 Å². The Morgan fingerprint density at radius 1 is 1.00 bits per heavy atom. The quantitative estimate of drug-likeness (QED) is 0.494. The Morgan fingerprint density at radius 3 is 2.52 bits per heavy atom. The number of carbonyl (C=O) groups is 1. The molecule has 8 nitrogen and oxygen atoms in total. The van der Waals surface area contributed by atoms with Crippen LogP contribution in [0.1, 0.15) is 21.7 Å². The Morgan fingerprint density at radius 2 is 1.77 bits per heavy atom. The average Bonchev–Trinajstić information content (AvgIpc) is 3.21. The highest BCUT2D eigenvalue weighted by atomic mass is 16.5. The van der Waals surface area contributed by atoms with E-state index in [4.69, 9.17) is 9.47 Å². The topological polar surface area (TPSA) is 91.2 Å². The van der Waals surface area contributed by atoms with Gasteiger partial charge in [-0.1, -0.05) is 18.2 Å². The number of benzene rings is 2. The van der Waals surface area contributed by atoms with Crippen molar-refractivity contribution in [2.45, 2.75) is 13.5 Å². The predicted molar refractivity (Wildman–Crippen MR) is 116 cm³/mol. The lowest BCUT2D eigenvalue weighted by molar-refractivity contribution is 0.102. The van der Waals surface area contributed by atoms with Gasteiger partial charge >= 0.3 is 0 Å². The van der Waals surface area contributed by atoms with E-state index in [1.807, 2.05) is 42.5 Å². The largest absolute Gasteiger partial charge is 0.493 e. The summed E-state index contributed by atoms with van der Waals surface area (Å²) in [5.41, 5.74) is 3.09. The van der Waals surface area contributed by atoms with Crippen molar-refractivity contribution in [2.24, 2.45) is 0 Å². The van der Waals surface area contributed by atoms with Crippen molar-refractivity contribution in [1.29, 1.82) is 0 Å². The predicted octanol–water partition coefficient (Wildman–Crippen LogP) is 3.81. The highest BCUT2D eigenvalue weighted by Gasteiger charge is 2.17. The molecule has 2 aromatic heterocycles. The summed E-state index contributed by atoms with van der Waals surface area (Å²) in [6.45, 7) is 2.10. The van der Waals surface area contributed by atoms with Crippen LogP contribution in [0, 0.1) is 6.92 Å². The van der Waals surface area contributed by atoms with Crippen molar-refractivity contribution < 1.29 is 14.3 Å². The SMILES string of the molecule is COc1ccc(NC(=O)c2nn(-c3ccccc3)nc2C)cc1OCc1ccncc1. The molecule has 0 unspecified atom stereocenters. The van der Waals surface area contributed by atoms with Crippen LogP contribution in [0.5, 0.6) is 11.5 Å². The van der Waals surface area contributed by atoms with Crippen molar-refractivity contribution >= 4 is 11.6 Å². The van der Waals surface area contributed by atoms with E-state index >= 15 is 0 Å². The molecule has 0 aliphatic rings. The molecule has 156 valence electrons. The van der Waals surface area contributed by atoms with Gasteiger partial charge in [0, 0.05) is 24.1 Å². The van der Waals surface area contributed by atoms with Crippen LogP contribution in [-0.4, -0.2) is 33.0 Å². The molecule has 4 rings (SSSR count).